The van der Waals surface area contributed by atoms with E-state index in [0.29, 0.717) is 11.1 Å². The Bertz CT molecular complexity index is 403. The molecule has 0 amide bonds. The largest absolute Gasteiger partial charge is 0.314 e. The Labute approximate surface area is 126 Å². The van der Waals surface area contributed by atoms with Crippen molar-refractivity contribution in [2.24, 2.45) is 0 Å². The Hall–Kier alpha value is -0.280. The van der Waals surface area contributed by atoms with Crippen molar-refractivity contribution in [2.75, 3.05) is 26.2 Å². The molecule has 1 aliphatic heterocycles. The first-order chi connectivity index (χ1) is 9.24. The maximum atomic E-state index is 6.41. The molecule has 1 N–H and O–H groups in total. The topological polar surface area (TPSA) is 15.3 Å². The smallest absolute Gasteiger partial charge is 0.0640 e. The zero-order chi connectivity index (χ0) is 13.7. The zero-order valence-electron chi connectivity index (χ0n) is 11.5. The summed E-state index contributed by atoms with van der Waals surface area (Å²) in [5.74, 6) is 0. The fourth-order valence-corrected chi connectivity index (χ4v) is 3.14. The van der Waals surface area contributed by atoms with Gasteiger partial charge in [0.2, 0.25) is 0 Å². The van der Waals surface area contributed by atoms with E-state index in [-0.39, 0.29) is 0 Å². The van der Waals surface area contributed by atoms with E-state index in [1.54, 1.807) is 0 Å². The molecule has 1 fully saturated rings. The molecular formula is C15H22Cl2N2. The average molecular weight is 301 g/mol. The fourth-order valence-electron chi connectivity index (χ4n) is 2.70. The maximum absolute atomic E-state index is 6.41. The highest BCUT2D eigenvalue weighted by molar-refractivity contribution is 6.42. The monoisotopic (exact) mass is 300 g/mol. The lowest BCUT2D eigenvalue weighted by atomic mass is 9.98. The van der Waals surface area contributed by atoms with E-state index < -0.39 is 0 Å². The summed E-state index contributed by atoms with van der Waals surface area (Å²) in [5.41, 5.74) is 1.18. The Morgan fingerprint density at radius 3 is 2.68 bits per heavy atom. The van der Waals surface area contributed by atoms with Gasteiger partial charge in [-0.3, -0.25) is 4.90 Å². The number of nitrogens with one attached hydrogen (secondary N) is 1. The minimum atomic E-state index is 0.397. The standard InChI is InChI=1S/C15H22Cl2N2/c1-2-3-7-14(19-10-8-18-9-11-19)12-5-4-6-13(16)15(12)17/h4-6,14,18H,2-3,7-11H2,1H3/t14-/m0/s1. The second-order valence-corrected chi connectivity index (χ2v) is 5.87. The number of benzene rings is 1. The van der Waals surface area contributed by atoms with Gasteiger partial charge >= 0.3 is 0 Å². The van der Waals surface area contributed by atoms with Crippen LogP contribution in [0.25, 0.3) is 0 Å². The third-order valence-corrected chi connectivity index (χ3v) is 4.60. The molecule has 0 aliphatic carbocycles. The molecule has 2 rings (SSSR count). The van der Waals surface area contributed by atoms with Gasteiger partial charge in [-0.2, -0.15) is 0 Å². The lowest BCUT2D eigenvalue weighted by Gasteiger charge is -2.35. The van der Waals surface area contributed by atoms with Crippen LogP contribution in [0.1, 0.15) is 37.8 Å². The Morgan fingerprint density at radius 1 is 1.26 bits per heavy atom. The van der Waals surface area contributed by atoms with Crippen molar-refractivity contribution in [2.45, 2.75) is 32.2 Å². The Kier molecular flexibility index (Phi) is 5.96. The molecule has 106 valence electrons. The molecule has 0 spiro atoms. The van der Waals surface area contributed by atoms with Crippen LogP contribution in [0.4, 0.5) is 0 Å². The van der Waals surface area contributed by atoms with Gasteiger partial charge in [-0.15, -0.1) is 0 Å². The molecular weight excluding hydrogens is 279 g/mol. The molecule has 1 saturated heterocycles. The third kappa shape index (κ3) is 3.85. The van der Waals surface area contributed by atoms with Crippen LogP contribution in [0.2, 0.25) is 10.0 Å². The molecule has 1 aliphatic rings. The molecule has 0 saturated carbocycles. The van der Waals surface area contributed by atoms with E-state index in [0.717, 1.165) is 37.6 Å². The molecule has 19 heavy (non-hydrogen) atoms. The molecule has 0 radical (unpaired) electrons. The van der Waals surface area contributed by atoms with Crippen molar-refractivity contribution in [3.63, 3.8) is 0 Å². The van der Waals surface area contributed by atoms with Crippen LogP contribution in [0.15, 0.2) is 18.2 Å². The molecule has 0 aromatic heterocycles. The van der Waals surface area contributed by atoms with Gasteiger partial charge in [-0.25, -0.2) is 0 Å². The minimum Gasteiger partial charge on any atom is -0.314 e. The van der Waals surface area contributed by atoms with Crippen molar-refractivity contribution in [3.8, 4) is 0 Å². The molecule has 1 aromatic rings. The van der Waals surface area contributed by atoms with Gasteiger partial charge in [0, 0.05) is 32.2 Å². The van der Waals surface area contributed by atoms with Crippen LogP contribution < -0.4 is 5.32 Å². The van der Waals surface area contributed by atoms with Crippen LogP contribution in [0.5, 0.6) is 0 Å². The summed E-state index contributed by atoms with van der Waals surface area (Å²) in [6, 6.07) is 6.39. The first kappa shape index (κ1) is 15.1. The second kappa shape index (κ2) is 7.49. The Morgan fingerprint density at radius 2 is 2.00 bits per heavy atom. The van der Waals surface area contributed by atoms with E-state index in [1.165, 1.54) is 18.4 Å². The van der Waals surface area contributed by atoms with Crippen LogP contribution in [0, 0.1) is 0 Å². The highest BCUT2D eigenvalue weighted by atomic mass is 35.5. The third-order valence-electron chi connectivity index (χ3n) is 3.76. The number of rotatable bonds is 5. The van der Waals surface area contributed by atoms with Gasteiger partial charge in [0.05, 0.1) is 10.0 Å². The molecule has 2 nitrogen and oxygen atoms in total. The summed E-state index contributed by atoms with van der Waals surface area (Å²) < 4.78 is 0. The summed E-state index contributed by atoms with van der Waals surface area (Å²) in [5, 5.41) is 4.79. The van der Waals surface area contributed by atoms with Crippen molar-refractivity contribution in [3.05, 3.63) is 33.8 Å². The first-order valence-electron chi connectivity index (χ1n) is 7.12. The molecule has 1 aromatic carbocycles. The average Bonchev–Trinajstić information content (AvgIpc) is 2.45. The predicted octanol–water partition coefficient (Wildman–Crippen LogP) is 4.13. The van der Waals surface area contributed by atoms with Crippen molar-refractivity contribution < 1.29 is 0 Å². The van der Waals surface area contributed by atoms with Gasteiger partial charge in [0.15, 0.2) is 0 Å². The lowest BCUT2D eigenvalue weighted by molar-refractivity contribution is 0.163. The van der Waals surface area contributed by atoms with Crippen molar-refractivity contribution in [1.29, 1.82) is 0 Å². The summed E-state index contributed by atoms with van der Waals surface area (Å²) >= 11 is 12.6. The van der Waals surface area contributed by atoms with Gasteiger partial charge in [-0.1, -0.05) is 55.1 Å². The number of hydrogen-bond donors (Lipinski definition) is 1. The minimum absolute atomic E-state index is 0.397. The summed E-state index contributed by atoms with van der Waals surface area (Å²) in [6.45, 7) is 6.50. The van der Waals surface area contributed by atoms with E-state index >= 15 is 0 Å². The van der Waals surface area contributed by atoms with Gasteiger partial charge in [0.1, 0.15) is 0 Å². The molecule has 1 heterocycles. The van der Waals surface area contributed by atoms with Crippen LogP contribution in [0.3, 0.4) is 0 Å². The highest BCUT2D eigenvalue weighted by Crippen LogP contribution is 2.35. The van der Waals surface area contributed by atoms with E-state index in [4.69, 9.17) is 23.2 Å². The SMILES string of the molecule is CCCC[C@@H](c1cccc(Cl)c1Cl)N1CCNCC1. The zero-order valence-corrected chi connectivity index (χ0v) is 13.0. The molecule has 0 unspecified atom stereocenters. The number of nitrogens with zero attached hydrogens (tertiary/aromatic N) is 1. The molecule has 0 bridgehead atoms. The van der Waals surface area contributed by atoms with E-state index in [9.17, 15) is 0 Å². The van der Waals surface area contributed by atoms with E-state index in [2.05, 4.69) is 23.2 Å². The molecule has 4 heteroatoms. The van der Waals surface area contributed by atoms with Crippen LogP contribution >= 0.6 is 23.2 Å². The lowest BCUT2D eigenvalue weighted by Crippen LogP contribution is -2.45. The van der Waals surface area contributed by atoms with Gasteiger partial charge in [-0.05, 0) is 18.1 Å². The van der Waals surface area contributed by atoms with Crippen molar-refractivity contribution >= 4 is 23.2 Å². The normalized spacial score (nSPS) is 18.5. The number of unbranched alkanes of at least 4 members (excludes halogenated alkanes) is 1. The first-order valence-corrected chi connectivity index (χ1v) is 7.88. The summed E-state index contributed by atoms with van der Waals surface area (Å²) in [4.78, 5) is 2.53. The number of piperazine rings is 1. The second-order valence-electron chi connectivity index (χ2n) is 5.09. The van der Waals surface area contributed by atoms with Gasteiger partial charge < -0.3 is 5.32 Å². The van der Waals surface area contributed by atoms with Crippen molar-refractivity contribution in [1.82, 2.24) is 10.2 Å². The predicted molar refractivity (Wildman–Crippen MR) is 83.2 cm³/mol. The quantitative estimate of drug-likeness (QED) is 0.879. The summed E-state index contributed by atoms with van der Waals surface area (Å²) in [6.07, 6.45) is 3.58. The molecule has 1 atom stereocenters. The van der Waals surface area contributed by atoms with Crippen LogP contribution in [-0.2, 0) is 0 Å². The van der Waals surface area contributed by atoms with Crippen LogP contribution in [-0.4, -0.2) is 31.1 Å². The number of halogens is 2. The maximum Gasteiger partial charge on any atom is 0.0640 e. The van der Waals surface area contributed by atoms with E-state index in [1.807, 2.05) is 12.1 Å². The highest BCUT2D eigenvalue weighted by Gasteiger charge is 2.24. The Balaban J connectivity index is 2.22. The summed E-state index contributed by atoms with van der Waals surface area (Å²) in [7, 11) is 0. The number of hydrogen-bond acceptors (Lipinski definition) is 2. The van der Waals surface area contributed by atoms with Gasteiger partial charge in [0.25, 0.3) is 0 Å². The fraction of sp³-hybridized carbons (Fsp3) is 0.600.